The number of aromatic hydroxyl groups is 1. The van der Waals surface area contributed by atoms with E-state index in [-0.39, 0.29) is 11.5 Å². The summed E-state index contributed by atoms with van der Waals surface area (Å²) in [4.78, 5) is 0. The van der Waals surface area contributed by atoms with E-state index < -0.39 is 0 Å². The number of hydrogen-bond donors (Lipinski definition) is 1. The molecule has 2 aromatic rings. The summed E-state index contributed by atoms with van der Waals surface area (Å²) in [5, 5.41) is 10.9. The SMILES string of the molecule is Oc1cc(Cl)ccc1O[13c]1[13cH][13cH][13c](Cl)[13cH][13c]1Cl. The second kappa shape index (κ2) is 5.05. The number of phenols is 1. The van der Waals surface area contributed by atoms with Gasteiger partial charge in [0.25, 0.3) is 0 Å². The topological polar surface area (TPSA) is 29.5 Å². The molecule has 2 nitrogen and oxygen atoms in total. The molecule has 0 spiro atoms. The Morgan fingerprint density at radius 3 is 2.00 bits per heavy atom. The predicted molar refractivity (Wildman–Crippen MR) is 69.7 cm³/mol. The molecule has 0 atom stereocenters. The van der Waals surface area contributed by atoms with Gasteiger partial charge in [0.15, 0.2) is 11.5 Å². The van der Waals surface area contributed by atoms with Gasteiger partial charge in [-0.1, -0.05) is 34.8 Å². The molecule has 0 aliphatic carbocycles. The van der Waals surface area contributed by atoms with Crippen molar-refractivity contribution in [3.8, 4) is 17.2 Å². The third kappa shape index (κ3) is 2.97. The lowest BCUT2D eigenvalue weighted by Gasteiger charge is -2.09. The van der Waals surface area contributed by atoms with Gasteiger partial charge in [0.05, 0.1) is 5.02 Å². The number of ether oxygens (including phenoxy) is 1. The fourth-order valence-corrected chi connectivity index (χ4v) is 1.87. The van der Waals surface area contributed by atoms with Gasteiger partial charge in [-0.3, -0.25) is 0 Å². The van der Waals surface area contributed by atoms with E-state index in [1.807, 2.05) is 0 Å². The number of halogens is 3. The number of hydrogen-bond acceptors (Lipinski definition) is 2. The van der Waals surface area contributed by atoms with Crippen LogP contribution in [0.15, 0.2) is 36.4 Å². The van der Waals surface area contributed by atoms with Crippen molar-refractivity contribution >= 4 is 34.8 Å². The van der Waals surface area contributed by atoms with Crippen LogP contribution in [0.2, 0.25) is 15.1 Å². The van der Waals surface area contributed by atoms with E-state index in [2.05, 4.69) is 0 Å². The van der Waals surface area contributed by atoms with E-state index >= 15 is 0 Å². The molecule has 0 heterocycles. The largest absolute Gasteiger partial charge is 0.504 e. The van der Waals surface area contributed by atoms with Crippen molar-refractivity contribution in [2.24, 2.45) is 0 Å². The predicted octanol–water partition coefficient (Wildman–Crippen LogP) is 5.14. The first-order valence-corrected chi connectivity index (χ1v) is 5.81. The van der Waals surface area contributed by atoms with Crippen molar-refractivity contribution < 1.29 is 9.84 Å². The van der Waals surface area contributed by atoms with Gasteiger partial charge in [0.1, 0.15) is 5.75 Å². The van der Waals surface area contributed by atoms with E-state index in [0.717, 1.165) is 0 Å². The Hall–Kier alpha value is -1.09. The highest BCUT2D eigenvalue weighted by Crippen LogP contribution is 2.36. The van der Waals surface area contributed by atoms with Crippen molar-refractivity contribution in [1.82, 2.24) is 0 Å². The average molecular weight is 295 g/mol. The van der Waals surface area contributed by atoms with Crippen molar-refractivity contribution in [1.29, 1.82) is 0 Å². The van der Waals surface area contributed by atoms with Gasteiger partial charge in [-0.05, 0) is 30.3 Å². The molecule has 0 saturated carbocycles. The Kier molecular flexibility index (Phi) is 3.67. The molecule has 0 radical (unpaired) electrons. The molecule has 0 aliphatic rings. The van der Waals surface area contributed by atoms with Crippen LogP contribution < -0.4 is 4.74 Å². The molecule has 5 heteroatoms. The zero-order valence-electron chi connectivity index (χ0n) is 8.45. The Balaban J connectivity index is 2.31. The van der Waals surface area contributed by atoms with E-state index in [0.29, 0.717) is 20.8 Å². The quantitative estimate of drug-likeness (QED) is 0.830. The lowest BCUT2D eigenvalue weighted by Crippen LogP contribution is -1.86. The van der Waals surface area contributed by atoms with Crippen molar-refractivity contribution in [2.75, 3.05) is 0 Å². The van der Waals surface area contributed by atoms with Crippen molar-refractivity contribution in [3.05, 3.63) is 51.5 Å². The van der Waals surface area contributed by atoms with E-state index in [9.17, 15) is 5.11 Å². The summed E-state index contributed by atoms with van der Waals surface area (Å²) in [6, 6.07) is 9.39. The molecular formula is C12H7Cl3O2. The molecular weight excluding hydrogens is 288 g/mol. The maximum Gasteiger partial charge on any atom is 0.169 e. The number of phenolic OH excluding ortho intramolecular Hbond substituents is 1. The third-order valence-corrected chi connectivity index (χ3v) is 2.80. The fourth-order valence-electron chi connectivity index (χ4n) is 1.25. The molecule has 0 bridgehead atoms. The third-order valence-electron chi connectivity index (χ3n) is 2.03. The van der Waals surface area contributed by atoms with E-state index in [1.165, 1.54) is 6.07 Å². The molecule has 0 aromatic heterocycles. The molecule has 0 amide bonds. The number of benzene rings is 2. The van der Waals surface area contributed by atoms with Crippen molar-refractivity contribution in [2.45, 2.75) is 0 Å². The standard InChI is InChI=1S/C12H7Cl3O2/c13-7-1-3-11(9(15)5-7)17-12-4-2-8(14)6-10(12)16/h1-6,16H/i1+1,3+1,5+1,7+1,9+1,11+1. The summed E-state index contributed by atoms with van der Waals surface area (Å²) in [5.74, 6) is 0.635. The zero-order chi connectivity index (χ0) is 12.4. The Morgan fingerprint density at radius 1 is 0.824 bits per heavy atom. The highest BCUT2D eigenvalue weighted by atomic mass is 35.5. The summed E-state index contributed by atoms with van der Waals surface area (Å²) in [7, 11) is 0. The molecule has 0 aliphatic heterocycles. The summed E-state index contributed by atoms with van der Waals surface area (Å²) in [6.45, 7) is 0. The maximum atomic E-state index is 9.62. The minimum Gasteiger partial charge on any atom is -0.504 e. The van der Waals surface area contributed by atoms with Gasteiger partial charge in [0, 0.05) is 16.1 Å². The molecule has 0 fully saturated rings. The summed E-state index contributed by atoms with van der Waals surface area (Å²) in [5.41, 5.74) is 0. The summed E-state index contributed by atoms with van der Waals surface area (Å²) < 4.78 is 5.45. The minimum atomic E-state index is -0.0523. The summed E-state index contributed by atoms with van der Waals surface area (Å²) in [6.07, 6.45) is 0. The molecule has 0 unspecified atom stereocenters. The van der Waals surface area contributed by atoms with Crippen LogP contribution in [0.3, 0.4) is 0 Å². The smallest absolute Gasteiger partial charge is 0.169 e. The maximum absolute atomic E-state index is 9.62. The Labute approximate surface area is 113 Å². The fraction of sp³-hybridized carbons (Fsp3) is 0. The molecule has 2 aromatic carbocycles. The van der Waals surface area contributed by atoms with Gasteiger partial charge < -0.3 is 9.84 Å². The van der Waals surface area contributed by atoms with Crippen LogP contribution in [0.25, 0.3) is 0 Å². The van der Waals surface area contributed by atoms with E-state index in [1.54, 1.807) is 30.3 Å². The van der Waals surface area contributed by atoms with Gasteiger partial charge in [-0.15, -0.1) is 0 Å². The van der Waals surface area contributed by atoms with E-state index in [4.69, 9.17) is 39.5 Å². The molecule has 2 rings (SSSR count). The average Bonchev–Trinajstić information content (AvgIpc) is 2.25. The number of rotatable bonds is 2. The minimum absolute atomic E-state index is 0.0523. The van der Waals surface area contributed by atoms with Gasteiger partial charge in [-0.25, -0.2) is 0 Å². The van der Waals surface area contributed by atoms with Crippen LogP contribution in [-0.4, -0.2) is 5.11 Å². The van der Waals surface area contributed by atoms with Crippen LogP contribution >= 0.6 is 34.8 Å². The first-order chi connectivity index (χ1) is 8.06. The lowest BCUT2D eigenvalue weighted by atomic mass is 10.3. The van der Waals surface area contributed by atoms with Crippen LogP contribution in [0.4, 0.5) is 0 Å². The monoisotopic (exact) mass is 294 g/mol. The zero-order valence-corrected chi connectivity index (χ0v) is 10.7. The van der Waals surface area contributed by atoms with Gasteiger partial charge in [-0.2, -0.15) is 0 Å². The van der Waals surface area contributed by atoms with Crippen LogP contribution in [0.1, 0.15) is 0 Å². The normalized spacial score (nSPS) is 10.3. The first-order valence-electron chi connectivity index (χ1n) is 4.67. The van der Waals surface area contributed by atoms with Gasteiger partial charge >= 0.3 is 0 Å². The van der Waals surface area contributed by atoms with Crippen LogP contribution in [-0.2, 0) is 0 Å². The molecule has 88 valence electrons. The van der Waals surface area contributed by atoms with Gasteiger partial charge in [0.2, 0.25) is 0 Å². The van der Waals surface area contributed by atoms with Crippen LogP contribution in [0.5, 0.6) is 17.2 Å². The molecule has 17 heavy (non-hydrogen) atoms. The highest BCUT2D eigenvalue weighted by molar-refractivity contribution is 6.35. The molecule has 1 N–H and O–H groups in total. The first kappa shape index (κ1) is 12.4. The second-order valence-electron chi connectivity index (χ2n) is 3.29. The molecule has 0 saturated heterocycles. The highest BCUT2D eigenvalue weighted by Gasteiger charge is 2.08. The van der Waals surface area contributed by atoms with Crippen LogP contribution in [0, 0.1) is 0 Å². The Morgan fingerprint density at radius 2 is 1.41 bits per heavy atom. The van der Waals surface area contributed by atoms with Crippen molar-refractivity contribution in [3.63, 3.8) is 0 Å². The second-order valence-corrected chi connectivity index (χ2v) is 4.57. The lowest BCUT2D eigenvalue weighted by molar-refractivity contribution is 0.411. The summed E-state index contributed by atoms with van der Waals surface area (Å²) >= 11 is 17.4. The Bertz CT molecular complexity index is 506.